The second-order valence-electron chi connectivity index (χ2n) is 8.66. The van der Waals surface area contributed by atoms with Gasteiger partial charge in [0.25, 0.3) is 0 Å². The van der Waals surface area contributed by atoms with Crippen LogP contribution in [-0.4, -0.2) is 64.8 Å². The highest BCUT2D eigenvalue weighted by molar-refractivity contribution is 5.95. The van der Waals surface area contributed by atoms with E-state index in [4.69, 9.17) is 17.2 Å². The second-order valence-corrected chi connectivity index (χ2v) is 8.66. The van der Waals surface area contributed by atoms with Crippen molar-refractivity contribution in [3.05, 3.63) is 35.9 Å². The van der Waals surface area contributed by atoms with E-state index >= 15 is 0 Å². The van der Waals surface area contributed by atoms with E-state index in [1.165, 1.54) is 0 Å². The van der Waals surface area contributed by atoms with E-state index in [1.54, 1.807) is 44.2 Å². The lowest BCUT2D eigenvalue weighted by Gasteiger charge is -2.27. The zero-order chi connectivity index (χ0) is 27.4. The number of rotatable bonds is 15. The van der Waals surface area contributed by atoms with Gasteiger partial charge in [0.15, 0.2) is 0 Å². The van der Waals surface area contributed by atoms with E-state index in [0.29, 0.717) is 5.56 Å². The molecule has 0 aliphatic carbocycles. The molecule has 0 radical (unpaired) electrons. The highest BCUT2D eigenvalue weighted by Crippen LogP contribution is 2.08. The number of benzene rings is 1. The Kier molecular flexibility index (Phi) is 12.0. The van der Waals surface area contributed by atoms with Crippen LogP contribution in [0, 0.1) is 5.92 Å². The lowest BCUT2D eigenvalue weighted by Crippen LogP contribution is -2.58. The highest BCUT2D eigenvalue weighted by atomic mass is 16.4. The molecule has 10 N–H and O–H groups in total. The number of amides is 5. The first kappa shape index (κ1) is 30.0. The molecule has 0 saturated heterocycles. The predicted molar refractivity (Wildman–Crippen MR) is 129 cm³/mol. The second kappa shape index (κ2) is 14.4. The number of carbonyl (C=O) groups is 6. The molecule has 0 aliphatic rings. The third-order valence-electron chi connectivity index (χ3n) is 5.21. The Morgan fingerprint density at radius 3 is 1.92 bits per heavy atom. The van der Waals surface area contributed by atoms with Crippen LogP contribution in [-0.2, 0) is 35.2 Å². The molecule has 1 aromatic carbocycles. The van der Waals surface area contributed by atoms with Gasteiger partial charge in [0.1, 0.15) is 18.1 Å². The normalized spacial score (nSPS) is 14.1. The molecule has 36 heavy (non-hydrogen) atoms. The van der Waals surface area contributed by atoms with Crippen LogP contribution >= 0.6 is 0 Å². The molecular formula is C23H34N6O7. The van der Waals surface area contributed by atoms with E-state index in [-0.39, 0.29) is 19.3 Å². The van der Waals surface area contributed by atoms with Crippen molar-refractivity contribution in [1.82, 2.24) is 16.0 Å². The van der Waals surface area contributed by atoms with Crippen LogP contribution in [0.2, 0.25) is 0 Å². The zero-order valence-electron chi connectivity index (χ0n) is 20.2. The standard InChI is InChI=1S/C23H34N6O7/c1-12(2)19(29-20(32)14(24)11-18(26)31)22(34)27-15(8-9-17(25)30)21(33)28-16(23(35)36)10-13-6-4-3-5-7-13/h3-7,12,14-16,19H,8-11,24H2,1-2H3,(H2,25,30)(H2,26,31)(H,27,34)(H,28,33)(H,29,32)(H,35,36). The first-order valence-corrected chi connectivity index (χ1v) is 11.3. The lowest BCUT2D eigenvalue weighted by molar-refractivity contribution is -0.142. The number of hydrogen-bond donors (Lipinski definition) is 7. The number of carbonyl (C=O) groups excluding carboxylic acids is 5. The van der Waals surface area contributed by atoms with Crippen molar-refractivity contribution in [3.8, 4) is 0 Å². The van der Waals surface area contributed by atoms with Gasteiger partial charge < -0.3 is 38.3 Å². The topological polar surface area (TPSA) is 237 Å². The molecule has 4 unspecified atom stereocenters. The average Bonchev–Trinajstić information content (AvgIpc) is 2.78. The van der Waals surface area contributed by atoms with Gasteiger partial charge in [-0.2, -0.15) is 0 Å². The molecule has 198 valence electrons. The Balaban J connectivity index is 3.01. The molecule has 1 aromatic rings. The van der Waals surface area contributed by atoms with Gasteiger partial charge in [-0.3, -0.25) is 24.0 Å². The van der Waals surface area contributed by atoms with Gasteiger partial charge >= 0.3 is 5.97 Å². The summed E-state index contributed by atoms with van der Waals surface area (Å²) in [6.45, 7) is 3.26. The minimum Gasteiger partial charge on any atom is -0.480 e. The SMILES string of the molecule is CC(C)C(NC(=O)C(N)CC(N)=O)C(=O)NC(CCC(N)=O)C(=O)NC(Cc1ccccc1)C(=O)O. The van der Waals surface area contributed by atoms with Crippen LogP contribution in [0.5, 0.6) is 0 Å². The van der Waals surface area contributed by atoms with Gasteiger partial charge in [0.2, 0.25) is 29.5 Å². The van der Waals surface area contributed by atoms with Crippen LogP contribution in [0.1, 0.15) is 38.7 Å². The quantitative estimate of drug-likeness (QED) is 0.139. The summed E-state index contributed by atoms with van der Waals surface area (Å²) in [6, 6.07) is 3.56. The van der Waals surface area contributed by atoms with Crippen molar-refractivity contribution in [2.24, 2.45) is 23.1 Å². The Hall–Kier alpha value is -4.00. The summed E-state index contributed by atoms with van der Waals surface area (Å²) in [4.78, 5) is 72.3. The Bertz CT molecular complexity index is 954. The molecule has 13 nitrogen and oxygen atoms in total. The van der Waals surface area contributed by atoms with Gasteiger partial charge in [-0.15, -0.1) is 0 Å². The molecule has 0 aliphatic heterocycles. The van der Waals surface area contributed by atoms with Gasteiger partial charge in [-0.1, -0.05) is 44.2 Å². The van der Waals surface area contributed by atoms with Crippen molar-refractivity contribution in [2.45, 2.75) is 63.7 Å². The average molecular weight is 507 g/mol. The van der Waals surface area contributed by atoms with Gasteiger partial charge in [-0.05, 0) is 17.9 Å². The van der Waals surface area contributed by atoms with Gasteiger partial charge in [-0.25, -0.2) is 4.79 Å². The zero-order valence-corrected chi connectivity index (χ0v) is 20.2. The fourth-order valence-corrected chi connectivity index (χ4v) is 3.24. The van der Waals surface area contributed by atoms with E-state index in [2.05, 4.69) is 16.0 Å². The summed E-state index contributed by atoms with van der Waals surface area (Å²) in [5.41, 5.74) is 16.5. The first-order chi connectivity index (χ1) is 16.8. The van der Waals surface area contributed by atoms with Crippen LogP contribution in [0.15, 0.2) is 30.3 Å². The maximum absolute atomic E-state index is 13.0. The summed E-state index contributed by atoms with van der Waals surface area (Å²) in [7, 11) is 0. The van der Waals surface area contributed by atoms with Crippen molar-refractivity contribution < 1.29 is 33.9 Å². The van der Waals surface area contributed by atoms with Gasteiger partial charge in [0, 0.05) is 12.8 Å². The van der Waals surface area contributed by atoms with Crippen LogP contribution in [0.3, 0.4) is 0 Å². The largest absolute Gasteiger partial charge is 0.480 e. The van der Waals surface area contributed by atoms with Gasteiger partial charge in [0.05, 0.1) is 12.5 Å². The molecule has 1 rings (SSSR count). The van der Waals surface area contributed by atoms with Crippen LogP contribution < -0.4 is 33.2 Å². The Labute approximate surface area is 208 Å². The summed E-state index contributed by atoms with van der Waals surface area (Å²) < 4.78 is 0. The van der Waals surface area contributed by atoms with Crippen molar-refractivity contribution in [3.63, 3.8) is 0 Å². The summed E-state index contributed by atoms with van der Waals surface area (Å²) in [5, 5.41) is 16.8. The smallest absolute Gasteiger partial charge is 0.326 e. The number of nitrogens with one attached hydrogen (secondary N) is 3. The maximum Gasteiger partial charge on any atom is 0.326 e. The number of nitrogens with two attached hydrogens (primary N) is 3. The minimum absolute atomic E-state index is 0.0131. The van der Waals surface area contributed by atoms with E-state index in [1.807, 2.05) is 0 Å². The molecular weight excluding hydrogens is 472 g/mol. The molecule has 0 fully saturated rings. The fourth-order valence-electron chi connectivity index (χ4n) is 3.24. The number of hydrogen-bond acceptors (Lipinski definition) is 7. The third kappa shape index (κ3) is 10.5. The van der Waals surface area contributed by atoms with Crippen LogP contribution in [0.4, 0.5) is 0 Å². The monoisotopic (exact) mass is 506 g/mol. The Morgan fingerprint density at radius 1 is 0.833 bits per heavy atom. The molecule has 5 amide bonds. The summed E-state index contributed by atoms with van der Waals surface area (Å²) in [6.07, 6.45) is -0.914. The predicted octanol–water partition coefficient (Wildman–Crippen LogP) is -2.11. The highest BCUT2D eigenvalue weighted by Gasteiger charge is 2.32. The van der Waals surface area contributed by atoms with Crippen molar-refractivity contribution in [2.75, 3.05) is 0 Å². The summed E-state index contributed by atoms with van der Waals surface area (Å²) >= 11 is 0. The molecule has 0 spiro atoms. The molecule has 4 atom stereocenters. The minimum atomic E-state index is -1.32. The van der Waals surface area contributed by atoms with Crippen molar-refractivity contribution >= 4 is 35.5 Å². The number of carboxylic acids is 1. The van der Waals surface area contributed by atoms with E-state index in [0.717, 1.165) is 0 Å². The molecule has 0 bridgehead atoms. The van der Waals surface area contributed by atoms with Crippen molar-refractivity contribution in [1.29, 1.82) is 0 Å². The van der Waals surface area contributed by atoms with E-state index in [9.17, 15) is 33.9 Å². The number of primary amides is 2. The number of carboxylic acid groups (broad SMARTS) is 1. The number of aliphatic carboxylic acids is 1. The first-order valence-electron chi connectivity index (χ1n) is 11.3. The van der Waals surface area contributed by atoms with Crippen LogP contribution in [0.25, 0.3) is 0 Å². The molecule has 0 saturated carbocycles. The third-order valence-corrected chi connectivity index (χ3v) is 5.21. The molecule has 0 aromatic heterocycles. The molecule has 13 heteroatoms. The summed E-state index contributed by atoms with van der Waals surface area (Å²) in [5.74, 6) is -5.68. The maximum atomic E-state index is 13.0. The lowest BCUT2D eigenvalue weighted by atomic mass is 10.0. The van der Waals surface area contributed by atoms with E-state index < -0.39 is 72.0 Å². The molecule has 0 heterocycles. The Morgan fingerprint density at radius 2 is 1.42 bits per heavy atom. The fraction of sp³-hybridized carbons (Fsp3) is 0.478.